The molecule has 0 saturated heterocycles. The summed E-state index contributed by atoms with van der Waals surface area (Å²) in [6, 6.07) is 0.579. The predicted molar refractivity (Wildman–Crippen MR) is 65.0 cm³/mol. The van der Waals surface area contributed by atoms with E-state index in [1.165, 1.54) is 19.3 Å². The number of hydrogen-bond acceptors (Lipinski definition) is 2. The number of hydrogen-bond donors (Lipinski definition) is 1. The van der Waals surface area contributed by atoms with E-state index in [2.05, 4.69) is 36.5 Å². The Bertz CT molecular complexity index is 199. The zero-order valence-corrected chi connectivity index (χ0v) is 9.91. The Hall–Kier alpha value is -0.600. The molecule has 0 radical (unpaired) electrons. The molecule has 1 aliphatic rings. The Morgan fingerprint density at radius 1 is 1.33 bits per heavy atom. The zero-order chi connectivity index (χ0) is 10.9. The van der Waals surface area contributed by atoms with Gasteiger partial charge in [-0.3, -0.25) is 0 Å². The average Bonchev–Trinajstić information content (AvgIpc) is 2.76. The molecular formula is C13H23NO. The summed E-state index contributed by atoms with van der Waals surface area (Å²) in [4.78, 5) is 0. The molecule has 1 atom stereocenters. The maximum absolute atomic E-state index is 5.06. The van der Waals surface area contributed by atoms with Crippen molar-refractivity contribution in [2.24, 2.45) is 5.92 Å². The first-order chi connectivity index (χ1) is 7.38. The zero-order valence-electron chi connectivity index (χ0n) is 9.91. The Morgan fingerprint density at radius 3 is 2.67 bits per heavy atom. The van der Waals surface area contributed by atoms with Crippen LogP contribution in [-0.4, -0.2) is 26.3 Å². The molecule has 0 aromatic heterocycles. The van der Waals surface area contributed by atoms with Crippen LogP contribution in [0.25, 0.3) is 0 Å². The fourth-order valence-corrected chi connectivity index (χ4v) is 1.92. The average molecular weight is 209 g/mol. The monoisotopic (exact) mass is 209 g/mol. The van der Waals surface area contributed by atoms with Crippen molar-refractivity contribution in [3.8, 4) is 0 Å². The van der Waals surface area contributed by atoms with Crippen LogP contribution in [0.1, 0.15) is 26.2 Å². The first-order valence-corrected chi connectivity index (χ1v) is 5.95. The minimum atomic E-state index is 0.577. The summed E-state index contributed by atoms with van der Waals surface area (Å²) in [5.74, 6) is 0.577. The van der Waals surface area contributed by atoms with E-state index in [0.717, 1.165) is 13.2 Å². The van der Waals surface area contributed by atoms with Crippen LogP contribution in [0.2, 0.25) is 0 Å². The quantitative estimate of drug-likeness (QED) is 0.620. The molecule has 15 heavy (non-hydrogen) atoms. The largest absolute Gasteiger partial charge is 0.383 e. The fourth-order valence-electron chi connectivity index (χ4n) is 1.92. The first-order valence-electron chi connectivity index (χ1n) is 5.95. The lowest BCUT2D eigenvalue weighted by molar-refractivity contribution is 0.193. The van der Waals surface area contributed by atoms with Crippen molar-refractivity contribution < 1.29 is 4.74 Å². The maximum Gasteiger partial charge on any atom is 0.0587 e. The van der Waals surface area contributed by atoms with Gasteiger partial charge in [-0.05, 0) is 6.42 Å². The van der Waals surface area contributed by atoms with E-state index in [0.29, 0.717) is 12.0 Å². The number of unbranched alkanes of at least 4 members (excludes halogenated alkanes) is 1. The number of nitrogens with one attached hydrogen (secondary N) is 1. The van der Waals surface area contributed by atoms with E-state index in [1.807, 2.05) is 0 Å². The number of allylic oxidation sites excluding steroid dienone is 2. The van der Waals surface area contributed by atoms with Gasteiger partial charge in [0.2, 0.25) is 0 Å². The number of rotatable bonds is 8. The maximum atomic E-state index is 5.06. The summed E-state index contributed by atoms with van der Waals surface area (Å²) in [6.45, 7) is 3.98. The summed E-state index contributed by atoms with van der Waals surface area (Å²) in [6.07, 6.45) is 12.6. The summed E-state index contributed by atoms with van der Waals surface area (Å²) in [5, 5.41) is 3.57. The molecule has 0 amide bonds. The minimum absolute atomic E-state index is 0.577. The normalized spacial score (nSPS) is 17.5. The van der Waals surface area contributed by atoms with Gasteiger partial charge in [-0.15, -0.1) is 0 Å². The standard InChI is InChI=1S/C13H23NO/c1-3-4-9-13(14-10-11-15-2)12-7-5-6-8-12/h5-8,12-14H,3-4,9-11H2,1-2H3. The van der Waals surface area contributed by atoms with Crippen LogP contribution >= 0.6 is 0 Å². The van der Waals surface area contributed by atoms with Crippen LogP contribution in [0.3, 0.4) is 0 Å². The third kappa shape index (κ3) is 4.63. The SMILES string of the molecule is CCCCC(NCCOC)C1C=CC=C1. The lowest BCUT2D eigenvalue weighted by Gasteiger charge is -2.22. The van der Waals surface area contributed by atoms with Crippen molar-refractivity contribution in [3.05, 3.63) is 24.3 Å². The highest BCUT2D eigenvalue weighted by Gasteiger charge is 2.16. The number of methoxy groups -OCH3 is 1. The van der Waals surface area contributed by atoms with E-state index in [9.17, 15) is 0 Å². The van der Waals surface area contributed by atoms with Crippen molar-refractivity contribution in [2.45, 2.75) is 32.2 Å². The molecule has 0 fully saturated rings. The summed E-state index contributed by atoms with van der Waals surface area (Å²) < 4.78 is 5.06. The van der Waals surface area contributed by atoms with E-state index in [-0.39, 0.29) is 0 Å². The van der Waals surface area contributed by atoms with Gasteiger partial charge in [0.05, 0.1) is 6.61 Å². The van der Waals surface area contributed by atoms with Crippen molar-refractivity contribution in [1.82, 2.24) is 5.32 Å². The van der Waals surface area contributed by atoms with E-state index in [4.69, 9.17) is 4.74 Å². The third-order valence-corrected chi connectivity index (χ3v) is 2.82. The molecule has 0 aromatic rings. The molecule has 1 unspecified atom stereocenters. The Balaban J connectivity index is 2.31. The van der Waals surface area contributed by atoms with Crippen LogP contribution in [0.4, 0.5) is 0 Å². The van der Waals surface area contributed by atoms with Gasteiger partial charge < -0.3 is 10.1 Å². The van der Waals surface area contributed by atoms with Crippen LogP contribution in [0, 0.1) is 5.92 Å². The van der Waals surface area contributed by atoms with Gasteiger partial charge in [0.15, 0.2) is 0 Å². The molecule has 0 aliphatic heterocycles. The lowest BCUT2D eigenvalue weighted by atomic mass is 9.96. The van der Waals surface area contributed by atoms with Crippen LogP contribution in [0.15, 0.2) is 24.3 Å². The van der Waals surface area contributed by atoms with Gasteiger partial charge in [-0.25, -0.2) is 0 Å². The van der Waals surface area contributed by atoms with Crippen molar-refractivity contribution in [3.63, 3.8) is 0 Å². The van der Waals surface area contributed by atoms with Crippen LogP contribution in [-0.2, 0) is 4.74 Å². The molecule has 0 aromatic carbocycles. The molecule has 0 saturated carbocycles. The second kappa shape index (κ2) is 7.66. The molecule has 1 rings (SSSR count). The second-order valence-electron chi connectivity index (χ2n) is 4.04. The second-order valence-corrected chi connectivity index (χ2v) is 4.04. The Labute approximate surface area is 93.4 Å². The predicted octanol–water partition coefficient (Wildman–Crippen LogP) is 2.52. The summed E-state index contributed by atoms with van der Waals surface area (Å²) >= 11 is 0. The van der Waals surface area contributed by atoms with Gasteiger partial charge in [0.25, 0.3) is 0 Å². The van der Waals surface area contributed by atoms with Gasteiger partial charge in [0, 0.05) is 25.6 Å². The van der Waals surface area contributed by atoms with Gasteiger partial charge in [-0.1, -0.05) is 44.1 Å². The highest BCUT2D eigenvalue weighted by molar-refractivity contribution is 5.19. The highest BCUT2D eigenvalue weighted by atomic mass is 16.5. The van der Waals surface area contributed by atoms with Crippen molar-refractivity contribution >= 4 is 0 Å². The molecule has 0 bridgehead atoms. The molecule has 86 valence electrons. The first kappa shape index (κ1) is 12.5. The topological polar surface area (TPSA) is 21.3 Å². The Morgan fingerprint density at radius 2 is 2.07 bits per heavy atom. The molecule has 0 spiro atoms. The van der Waals surface area contributed by atoms with Crippen LogP contribution < -0.4 is 5.32 Å². The van der Waals surface area contributed by atoms with Gasteiger partial charge in [-0.2, -0.15) is 0 Å². The molecule has 2 heteroatoms. The van der Waals surface area contributed by atoms with Crippen molar-refractivity contribution in [2.75, 3.05) is 20.3 Å². The molecule has 1 aliphatic carbocycles. The fraction of sp³-hybridized carbons (Fsp3) is 0.692. The molecular weight excluding hydrogens is 186 g/mol. The Kier molecular flexibility index (Phi) is 6.37. The smallest absolute Gasteiger partial charge is 0.0587 e. The van der Waals surface area contributed by atoms with E-state index >= 15 is 0 Å². The van der Waals surface area contributed by atoms with Crippen molar-refractivity contribution in [1.29, 1.82) is 0 Å². The molecule has 0 heterocycles. The van der Waals surface area contributed by atoms with E-state index in [1.54, 1.807) is 7.11 Å². The highest BCUT2D eigenvalue weighted by Crippen LogP contribution is 2.18. The summed E-state index contributed by atoms with van der Waals surface area (Å²) in [5.41, 5.74) is 0. The lowest BCUT2D eigenvalue weighted by Crippen LogP contribution is -2.36. The molecule has 2 nitrogen and oxygen atoms in total. The van der Waals surface area contributed by atoms with E-state index < -0.39 is 0 Å². The van der Waals surface area contributed by atoms with Gasteiger partial charge >= 0.3 is 0 Å². The minimum Gasteiger partial charge on any atom is -0.383 e. The summed E-state index contributed by atoms with van der Waals surface area (Å²) in [7, 11) is 1.75. The van der Waals surface area contributed by atoms with Crippen LogP contribution in [0.5, 0.6) is 0 Å². The third-order valence-electron chi connectivity index (χ3n) is 2.82. The van der Waals surface area contributed by atoms with Gasteiger partial charge in [0.1, 0.15) is 0 Å². The number of ether oxygens (including phenoxy) is 1. The molecule has 1 N–H and O–H groups in total.